The minimum Gasteiger partial charge on any atom is -0.0622 e. The maximum atomic E-state index is 2.53. The average molecular weight is 443 g/mol. The Kier molecular flexibility index (Phi) is 5.74. The Bertz CT molecular complexity index is 1310. The van der Waals surface area contributed by atoms with Gasteiger partial charge in [0.1, 0.15) is 8.07 Å². The Morgan fingerprint density at radius 3 is 1.21 bits per heavy atom. The highest BCUT2D eigenvalue weighted by atomic mass is 28.3. The topological polar surface area (TPSA) is 0 Å². The predicted molar refractivity (Wildman–Crippen MR) is 146 cm³/mol. The Balaban J connectivity index is 1.88. The van der Waals surface area contributed by atoms with E-state index in [2.05, 4.69) is 135 Å². The molecule has 162 valence electrons. The van der Waals surface area contributed by atoms with Crippen molar-refractivity contribution in [1.82, 2.24) is 0 Å². The lowest BCUT2D eigenvalue weighted by Crippen LogP contribution is -2.28. The molecule has 0 saturated carbocycles. The second kappa shape index (κ2) is 8.84. The van der Waals surface area contributed by atoms with E-state index in [1.54, 1.807) is 0 Å². The molecule has 33 heavy (non-hydrogen) atoms. The molecule has 1 heteroatoms. The smallest absolute Gasteiger partial charge is 0.0622 e. The Hall–Kier alpha value is -3.42. The van der Waals surface area contributed by atoms with Crippen molar-refractivity contribution in [3.8, 4) is 0 Å². The Morgan fingerprint density at radius 1 is 0.455 bits per heavy atom. The number of allylic oxidation sites excluding steroid dienone is 2. The van der Waals surface area contributed by atoms with Gasteiger partial charge in [0, 0.05) is 0 Å². The second-order valence-corrected chi connectivity index (χ2v) is 13.5. The molecule has 0 unspecified atom stereocenters. The van der Waals surface area contributed by atoms with Crippen molar-refractivity contribution in [2.45, 2.75) is 26.4 Å². The van der Waals surface area contributed by atoms with Gasteiger partial charge in [-0.3, -0.25) is 0 Å². The van der Waals surface area contributed by atoms with Gasteiger partial charge < -0.3 is 0 Å². The molecule has 0 radical (unpaired) electrons. The van der Waals surface area contributed by atoms with Crippen LogP contribution in [0.15, 0.2) is 115 Å². The highest BCUT2D eigenvalue weighted by Gasteiger charge is 2.43. The molecule has 0 aromatic heterocycles. The summed E-state index contributed by atoms with van der Waals surface area (Å²) in [6.07, 6.45) is 1.06. The Morgan fingerprint density at radius 2 is 0.818 bits per heavy atom. The van der Waals surface area contributed by atoms with Crippen LogP contribution in [0.4, 0.5) is 0 Å². The lowest BCUT2D eigenvalue weighted by atomic mass is 9.89. The summed E-state index contributed by atoms with van der Waals surface area (Å²) in [7, 11) is -2.04. The van der Waals surface area contributed by atoms with Gasteiger partial charge in [0.2, 0.25) is 0 Å². The fraction of sp³-hybridized carbons (Fsp3) is 0.125. The van der Waals surface area contributed by atoms with Crippen LogP contribution in [0.1, 0.15) is 34.7 Å². The van der Waals surface area contributed by atoms with E-state index in [4.69, 9.17) is 0 Å². The molecule has 0 fully saturated rings. The third kappa shape index (κ3) is 3.83. The highest BCUT2D eigenvalue weighted by molar-refractivity contribution is 7.13. The molecule has 0 aliphatic carbocycles. The van der Waals surface area contributed by atoms with Gasteiger partial charge in [-0.25, -0.2) is 0 Å². The van der Waals surface area contributed by atoms with Gasteiger partial charge in [-0.15, -0.1) is 0 Å². The molecule has 0 atom stereocenters. The quantitative estimate of drug-likeness (QED) is 0.272. The van der Waals surface area contributed by atoms with Crippen LogP contribution in [0.25, 0.3) is 21.5 Å². The molecule has 0 spiro atoms. The summed E-state index contributed by atoms with van der Waals surface area (Å²) in [6.45, 7) is 7.27. The standard InChI is InChI=1S/C32H30Si/c1-4-24-20-22-28(23-21-24)32-30(26-16-10-6-11-17-26)29(25-14-8-5-9-15-25)31(33(32,2)3)27-18-12-7-13-19-27/h5-23H,4H2,1-3H3. The number of hydrogen-bond donors (Lipinski definition) is 0. The summed E-state index contributed by atoms with van der Waals surface area (Å²) in [4.78, 5) is 0. The Labute approximate surface area is 199 Å². The number of rotatable bonds is 5. The van der Waals surface area contributed by atoms with Crippen LogP contribution in [0, 0.1) is 0 Å². The summed E-state index contributed by atoms with van der Waals surface area (Å²) in [6, 6.07) is 42.3. The van der Waals surface area contributed by atoms with E-state index in [-0.39, 0.29) is 0 Å². The summed E-state index contributed by atoms with van der Waals surface area (Å²) in [5, 5.41) is 3.07. The van der Waals surface area contributed by atoms with Crippen LogP contribution in [-0.4, -0.2) is 8.07 Å². The summed E-state index contributed by atoms with van der Waals surface area (Å²) < 4.78 is 0. The lowest BCUT2D eigenvalue weighted by molar-refractivity contribution is 1.14. The third-order valence-electron chi connectivity index (χ3n) is 6.84. The van der Waals surface area contributed by atoms with E-state index >= 15 is 0 Å². The van der Waals surface area contributed by atoms with E-state index in [1.807, 2.05) is 0 Å². The summed E-state index contributed by atoms with van der Waals surface area (Å²) in [5.74, 6) is 0. The first-order valence-corrected chi connectivity index (χ1v) is 14.9. The first kappa shape index (κ1) is 21.4. The van der Waals surface area contributed by atoms with Gasteiger partial charge >= 0.3 is 0 Å². The van der Waals surface area contributed by atoms with Gasteiger partial charge in [-0.1, -0.05) is 135 Å². The molecule has 0 nitrogen and oxygen atoms in total. The minimum atomic E-state index is -2.04. The zero-order valence-corrected chi connectivity index (χ0v) is 20.7. The monoisotopic (exact) mass is 442 g/mol. The minimum absolute atomic E-state index is 1.06. The van der Waals surface area contributed by atoms with Crippen molar-refractivity contribution < 1.29 is 0 Å². The maximum Gasteiger partial charge on any atom is 0.115 e. The van der Waals surface area contributed by atoms with E-state index in [1.165, 1.54) is 49.4 Å². The van der Waals surface area contributed by atoms with E-state index in [0.717, 1.165) is 6.42 Å². The molecule has 0 N–H and O–H groups in total. The molecule has 4 aromatic rings. The van der Waals surface area contributed by atoms with Gasteiger partial charge in [-0.05, 0) is 55.8 Å². The normalized spacial score (nSPS) is 15.2. The van der Waals surface area contributed by atoms with Gasteiger partial charge in [0.05, 0.1) is 0 Å². The molecule has 0 amide bonds. The van der Waals surface area contributed by atoms with E-state index < -0.39 is 8.07 Å². The molecule has 4 aromatic carbocycles. The van der Waals surface area contributed by atoms with Crippen LogP contribution in [0.3, 0.4) is 0 Å². The molecular weight excluding hydrogens is 412 g/mol. The SMILES string of the molecule is CCc1ccc(C2=C(c3ccccc3)C(c3ccccc3)=C(c3ccccc3)[Si]2(C)C)cc1. The van der Waals surface area contributed by atoms with Crippen LogP contribution in [0.5, 0.6) is 0 Å². The van der Waals surface area contributed by atoms with Crippen molar-refractivity contribution in [2.24, 2.45) is 0 Å². The fourth-order valence-electron chi connectivity index (χ4n) is 5.31. The number of benzene rings is 4. The first-order valence-electron chi connectivity index (χ1n) is 11.9. The van der Waals surface area contributed by atoms with Gasteiger partial charge in [0.25, 0.3) is 0 Å². The van der Waals surface area contributed by atoms with Crippen molar-refractivity contribution in [1.29, 1.82) is 0 Å². The van der Waals surface area contributed by atoms with Gasteiger partial charge in [-0.2, -0.15) is 0 Å². The zero-order valence-electron chi connectivity index (χ0n) is 19.7. The van der Waals surface area contributed by atoms with E-state index in [0.29, 0.717) is 0 Å². The molecule has 1 aliphatic rings. The average Bonchev–Trinajstić information content (AvgIpc) is 3.12. The second-order valence-electron chi connectivity index (χ2n) is 9.27. The number of aryl methyl sites for hydroxylation is 1. The molecule has 1 aliphatic heterocycles. The fourth-order valence-corrected chi connectivity index (χ4v) is 9.12. The van der Waals surface area contributed by atoms with Crippen molar-refractivity contribution in [3.63, 3.8) is 0 Å². The molecule has 0 bridgehead atoms. The third-order valence-corrected chi connectivity index (χ3v) is 10.4. The molecule has 1 heterocycles. The number of hydrogen-bond acceptors (Lipinski definition) is 0. The molecular formula is C32H30Si. The van der Waals surface area contributed by atoms with Crippen LogP contribution in [-0.2, 0) is 6.42 Å². The maximum absolute atomic E-state index is 2.53. The van der Waals surface area contributed by atoms with Crippen LogP contribution in [0.2, 0.25) is 13.1 Å². The predicted octanol–water partition coefficient (Wildman–Crippen LogP) is 8.57. The van der Waals surface area contributed by atoms with Gasteiger partial charge in [0.15, 0.2) is 0 Å². The van der Waals surface area contributed by atoms with Crippen molar-refractivity contribution >= 4 is 29.6 Å². The molecule has 5 rings (SSSR count). The van der Waals surface area contributed by atoms with Crippen molar-refractivity contribution in [3.05, 3.63) is 143 Å². The van der Waals surface area contributed by atoms with Crippen molar-refractivity contribution in [2.75, 3.05) is 0 Å². The highest BCUT2D eigenvalue weighted by Crippen LogP contribution is 2.55. The first-order chi connectivity index (χ1) is 16.1. The summed E-state index contributed by atoms with van der Waals surface area (Å²) in [5.41, 5.74) is 9.51. The van der Waals surface area contributed by atoms with Crippen LogP contribution < -0.4 is 0 Å². The summed E-state index contributed by atoms with van der Waals surface area (Å²) >= 11 is 0. The zero-order chi connectivity index (χ0) is 22.8. The largest absolute Gasteiger partial charge is 0.115 e. The van der Waals surface area contributed by atoms with E-state index in [9.17, 15) is 0 Å². The molecule has 0 saturated heterocycles. The van der Waals surface area contributed by atoms with Crippen LogP contribution >= 0.6 is 0 Å². The lowest BCUT2D eigenvalue weighted by Gasteiger charge is -2.26.